The quantitative estimate of drug-likeness (QED) is 0.315. The van der Waals surface area contributed by atoms with Crippen molar-refractivity contribution in [1.82, 2.24) is 25.4 Å². The van der Waals surface area contributed by atoms with Gasteiger partial charge in [0.1, 0.15) is 5.82 Å². The van der Waals surface area contributed by atoms with Crippen LogP contribution in [0.1, 0.15) is 39.4 Å². The summed E-state index contributed by atoms with van der Waals surface area (Å²) >= 11 is 1.66. The minimum atomic E-state index is 0.593. The number of nitrogens with one attached hydrogen (secondary N) is 2. The molecule has 0 bridgehead atoms. The lowest BCUT2D eigenvalue weighted by Gasteiger charge is -2.13. The third kappa shape index (κ3) is 6.25. The van der Waals surface area contributed by atoms with Gasteiger partial charge < -0.3 is 15.2 Å². The standard InChI is InChI=1S/C15H30N6S/c1-6-9-17-14(16-4)18-10-7-8-13-19-20-15(22-5)21(13)11-12(2)3/h12H,6-11H2,1-5H3,(H2,16,17,18). The molecule has 0 fully saturated rings. The Morgan fingerprint density at radius 3 is 2.59 bits per heavy atom. The molecule has 1 rings (SSSR count). The van der Waals surface area contributed by atoms with E-state index in [-0.39, 0.29) is 0 Å². The molecular formula is C15H30N6S. The molecule has 0 aromatic carbocycles. The molecule has 126 valence electrons. The highest BCUT2D eigenvalue weighted by atomic mass is 32.2. The first-order valence-electron chi connectivity index (χ1n) is 8.02. The highest BCUT2D eigenvalue weighted by Crippen LogP contribution is 2.16. The molecule has 7 heteroatoms. The molecule has 0 atom stereocenters. The van der Waals surface area contributed by atoms with Gasteiger partial charge in [0.05, 0.1) is 0 Å². The molecular weight excluding hydrogens is 296 g/mol. The van der Waals surface area contributed by atoms with Gasteiger partial charge in [-0.2, -0.15) is 0 Å². The summed E-state index contributed by atoms with van der Waals surface area (Å²) in [5, 5.41) is 16.2. The van der Waals surface area contributed by atoms with Crippen molar-refractivity contribution in [1.29, 1.82) is 0 Å². The van der Waals surface area contributed by atoms with Crippen LogP contribution in [0.4, 0.5) is 0 Å². The highest BCUT2D eigenvalue weighted by Gasteiger charge is 2.12. The Balaban J connectivity index is 2.46. The van der Waals surface area contributed by atoms with E-state index >= 15 is 0 Å². The van der Waals surface area contributed by atoms with Gasteiger partial charge >= 0.3 is 0 Å². The number of aliphatic imine (C=N–C) groups is 1. The van der Waals surface area contributed by atoms with Crippen molar-refractivity contribution in [3.8, 4) is 0 Å². The molecule has 0 aliphatic rings. The zero-order valence-corrected chi connectivity index (χ0v) is 15.3. The number of thioether (sulfide) groups is 1. The molecule has 0 radical (unpaired) electrons. The van der Waals surface area contributed by atoms with Gasteiger partial charge in [-0.25, -0.2) is 0 Å². The molecule has 1 heterocycles. The van der Waals surface area contributed by atoms with Crippen molar-refractivity contribution in [2.75, 3.05) is 26.4 Å². The first-order valence-corrected chi connectivity index (χ1v) is 9.25. The predicted molar refractivity (Wildman–Crippen MR) is 94.6 cm³/mol. The fourth-order valence-electron chi connectivity index (χ4n) is 2.12. The summed E-state index contributed by atoms with van der Waals surface area (Å²) in [7, 11) is 1.80. The van der Waals surface area contributed by atoms with Crippen LogP contribution in [-0.2, 0) is 13.0 Å². The number of aryl methyl sites for hydroxylation is 1. The van der Waals surface area contributed by atoms with Crippen LogP contribution in [0.15, 0.2) is 10.1 Å². The van der Waals surface area contributed by atoms with Gasteiger partial charge in [-0.1, -0.05) is 32.5 Å². The first-order chi connectivity index (χ1) is 10.6. The van der Waals surface area contributed by atoms with Crippen molar-refractivity contribution < 1.29 is 0 Å². The van der Waals surface area contributed by atoms with Gasteiger partial charge in [-0.15, -0.1) is 10.2 Å². The summed E-state index contributed by atoms with van der Waals surface area (Å²) < 4.78 is 2.25. The third-order valence-electron chi connectivity index (χ3n) is 3.16. The zero-order chi connectivity index (χ0) is 16.4. The van der Waals surface area contributed by atoms with E-state index in [1.165, 1.54) is 0 Å². The van der Waals surface area contributed by atoms with E-state index in [1.807, 2.05) is 0 Å². The van der Waals surface area contributed by atoms with Crippen molar-refractivity contribution in [2.45, 2.75) is 51.7 Å². The van der Waals surface area contributed by atoms with Crippen LogP contribution in [0.2, 0.25) is 0 Å². The smallest absolute Gasteiger partial charge is 0.190 e. The maximum Gasteiger partial charge on any atom is 0.190 e. The maximum absolute atomic E-state index is 4.34. The van der Waals surface area contributed by atoms with Crippen LogP contribution in [0.5, 0.6) is 0 Å². The lowest BCUT2D eigenvalue weighted by Crippen LogP contribution is -2.38. The second-order valence-electron chi connectivity index (χ2n) is 5.64. The molecule has 0 saturated heterocycles. The van der Waals surface area contributed by atoms with E-state index in [2.05, 4.69) is 57.4 Å². The number of aromatic nitrogens is 3. The Morgan fingerprint density at radius 2 is 2.00 bits per heavy atom. The van der Waals surface area contributed by atoms with Crippen molar-refractivity contribution in [2.24, 2.45) is 10.9 Å². The van der Waals surface area contributed by atoms with E-state index in [0.29, 0.717) is 5.92 Å². The molecule has 0 unspecified atom stereocenters. The van der Waals surface area contributed by atoms with Crippen LogP contribution in [0, 0.1) is 5.92 Å². The van der Waals surface area contributed by atoms with Crippen LogP contribution in [0.25, 0.3) is 0 Å². The van der Waals surface area contributed by atoms with Crippen molar-refractivity contribution in [3.63, 3.8) is 0 Å². The minimum Gasteiger partial charge on any atom is -0.356 e. The second kappa shape index (κ2) is 10.5. The summed E-state index contributed by atoms with van der Waals surface area (Å²) in [6.07, 6.45) is 5.08. The average Bonchev–Trinajstić information content (AvgIpc) is 2.88. The van der Waals surface area contributed by atoms with Gasteiger partial charge in [0.25, 0.3) is 0 Å². The van der Waals surface area contributed by atoms with E-state index in [0.717, 1.165) is 55.8 Å². The number of guanidine groups is 1. The molecule has 0 saturated carbocycles. The molecule has 2 N–H and O–H groups in total. The topological polar surface area (TPSA) is 67.1 Å². The fourth-order valence-corrected chi connectivity index (χ4v) is 2.64. The summed E-state index contributed by atoms with van der Waals surface area (Å²) in [4.78, 5) is 4.20. The molecule has 1 aromatic rings. The number of hydrogen-bond donors (Lipinski definition) is 2. The first kappa shape index (κ1) is 18.8. The molecule has 0 aliphatic heterocycles. The molecule has 6 nitrogen and oxygen atoms in total. The molecule has 1 aromatic heterocycles. The number of rotatable bonds is 9. The Labute approximate surface area is 138 Å². The molecule has 0 spiro atoms. The van der Waals surface area contributed by atoms with E-state index < -0.39 is 0 Å². The van der Waals surface area contributed by atoms with Crippen LogP contribution in [0.3, 0.4) is 0 Å². The Hall–Kier alpha value is -1.24. The fraction of sp³-hybridized carbons (Fsp3) is 0.800. The monoisotopic (exact) mass is 326 g/mol. The Bertz CT molecular complexity index is 455. The summed E-state index contributed by atoms with van der Waals surface area (Å²) in [5.74, 6) is 2.54. The average molecular weight is 327 g/mol. The normalized spacial score (nSPS) is 12.0. The van der Waals surface area contributed by atoms with E-state index in [4.69, 9.17) is 0 Å². The van der Waals surface area contributed by atoms with Crippen LogP contribution < -0.4 is 10.6 Å². The van der Waals surface area contributed by atoms with Crippen LogP contribution in [-0.4, -0.2) is 47.1 Å². The summed E-state index contributed by atoms with van der Waals surface area (Å²) in [6, 6.07) is 0. The largest absolute Gasteiger partial charge is 0.356 e. The third-order valence-corrected chi connectivity index (χ3v) is 3.83. The van der Waals surface area contributed by atoms with Gasteiger partial charge in [0.2, 0.25) is 0 Å². The summed E-state index contributed by atoms with van der Waals surface area (Å²) in [5.41, 5.74) is 0. The van der Waals surface area contributed by atoms with E-state index in [9.17, 15) is 0 Å². The van der Waals surface area contributed by atoms with Crippen LogP contribution >= 0.6 is 11.8 Å². The number of hydrogen-bond acceptors (Lipinski definition) is 4. The predicted octanol–water partition coefficient (Wildman–Crippen LogP) is 2.16. The summed E-state index contributed by atoms with van der Waals surface area (Å²) in [6.45, 7) is 9.39. The van der Waals surface area contributed by atoms with Gasteiger partial charge in [0.15, 0.2) is 11.1 Å². The Morgan fingerprint density at radius 1 is 1.27 bits per heavy atom. The van der Waals surface area contributed by atoms with Gasteiger partial charge in [0, 0.05) is 33.1 Å². The Kier molecular flexibility index (Phi) is 8.96. The van der Waals surface area contributed by atoms with E-state index in [1.54, 1.807) is 18.8 Å². The van der Waals surface area contributed by atoms with Crippen molar-refractivity contribution >= 4 is 17.7 Å². The van der Waals surface area contributed by atoms with Gasteiger partial charge in [-0.3, -0.25) is 4.99 Å². The van der Waals surface area contributed by atoms with Crippen molar-refractivity contribution in [3.05, 3.63) is 5.82 Å². The molecule has 0 amide bonds. The maximum atomic E-state index is 4.34. The minimum absolute atomic E-state index is 0.593. The number of nitrogens with zero attached hydrogens (tertiary/aromatic N) is 4. The van der Waals surface area contributed by atoms with Gasteiger partial charge in [-0.05, 0) is 25.0 Å². The molecule has 22 heavy (non-hydrogen) atoms. The second-order valence-corrected chi connectivity index (χ2v) is 6.41. The highest BCUT2D eigenvalue weighted by molar-refractivity contribution is 7.98. The lowest BCUT2D eigenvalue weighted by molar-refractivity contribution is 0.477. The molecule has 0 aliphatic carbocycles. The lowest BCUT2D eigenvalue weighted by atomic mass is 10.2. The zero-order valence-electron chi connectivity index (χ0n) is 14.5. The SMILES string of the molecule is CCCNC(=NC)NCCCc1nnc(SC)n1CC(C)C.